The van der Waals surface area contributed by atoms with Crippen molar-refractivity contribution in [3.63, 3.8) is 0 Å². The third-order valence-electron chi connectivity index (χ3n) is 7.43. The Kier molecular flexibility index (Phi) is 9.55. The molecule has 15 heteroatoms. The molecule has 0 bridgehead atoms. The van der Waals surface area contributed by atoms with Gasteiger partial charge in [0.15, 0.2) is 29.3 Å². The van der Waals surface area contributed by atoms with Crippen molar-refractivity contribution >= 4 is 23.7 Å². The van der Waals surface area contributed by atoms with Gasteiger partial charge in [0, 0.05) is 6.61 Å². The first-order valence-electron chi connectivity index (χ1n) is 13.3. The molecule has 2 heterocycles. The number of aromatic hydroxyl groups is 1. The smallest absolute Gasteiger partial charge is 0.331 e. The number of carbonyl (C=O) groups excluding carboxylic acids is 4. The number of carbonyl (C=O) groups is 4. The number of amides is 3. The SMILES string of the molecule is C[C@H]1OC(=O)C(C2CCO2)NC(=O)[C@H](C)[C@H](O)[C@H](Cc2cc(F)c(F)c(F)c2F)NC(=O)[C@H]1NC(=O)c1ccccc1O. The highest BCUT2D eigenvalue weighted by Gasteiger charge is 2.43. The van der Waals surface area contributed by atoms with Gasteiger partial charge >= 0.3 is 5.97 Å². The Bertz CT molecular complexity index is 1420. The minimum Gasteiger partial charge on any atom is -0.507 e. The molecule has 0 spiro atoms. The second-order valence-corrected chi connectivity index (χ2v) is 10.4. The van der Waals surface area contributed by atoms with E-state index in [9.17, 15) is 47.0 Å². The van der Waals surface area contributed by atoms with E-state index in [-0.39, 0.29) is 12.2 Å². The van der Waals surface area contributed by atoms with Gasteiger partial charge in [0.25, 0.3) is 5.91 Å². The molecule has 2 fully saturated rings. The van der Waals surface area contributed by atoms with Crippen LogP contribution in [0.4, 0.5) is 17.6 Å². The van der Waals surface area contributed by atoms with Crippen LogP contribution in [0, 0.1) is 29.2 Å². The van der Waals surface area contributed by atoms with Crippen LogP contribution >= 0.6 is 0 Å². The van der Waals surface area contributed by atoms with Crippen LogP contribution in [0.5, 0.6) is 5.75 Å². The minimum absolute atomic E-state index is 0.238. The van der Waals surface area contributed by atoms with Crippen LogP contribution < -0.4 is 16.0 Å². The van der Waals surface area contributed by atoms with Crippen molar-refractivity contribution in [3.05, 3.63) is 64.7 Å². The van der Waals surface area contributed by atoms with Gasteiger partial charge in [-0.1, -0.05) is 19.1 Å². The van der Waals surface area contributed by atoms with Crippen LogP contribution in [-0.4, -0.2) is 76.9 Å². The van der Waals surface area contributed by atoms with Crippen molar-refractivity contribution in [2.75, 3.05) is 6.61 Å². The number of ether oxygens (including phenoxy) is 2. The molecule has 0 radical (unpaired) electrons. The van der Waals surface area contributed by atoms with Gasteiger partial charge in [0.05, 0.1) is 29.7 Å². The number of halogens is 4. The second kappa shape index (κ2) is 13.0. The molecule has 43 heavy (non-hydrogen) atoms. The first-order chi connectivity index (χ1) is 20.3. The van der Waals surface area contributed by atoms with Crippen molar-refractivity contribution in [1.29, 1.82) is 0 Å². The van der Waals surface area contributed by atoms with Crippen molar-refractivity contribution in [1.82, 2.24) is 16.0 Å². The summed E-state index contributed by atoms with van der Waals surface area (Å²) in [5.41, 5.74) is -1.01. The molecule has 2 saturated heterocycles. The largest absolute Gasteiger partial charge is 0.507 e. The van der Waals surface area contributed by atoms with Gasteiger partial charge in [-0.2, -0.15) is 0 Å². The molecule has 2 aliphatic heterocycles. The van der Waals surface area contributed by atoms with Crippen LogP contribution in [-0.2, 0) is 30.3 Å². The van der Waals surface area contributed by atoms with Crippen molar-refractivity contribution in [2.24, 2.45) is 5.92 Å². The number of phenolic OH excluding ortho intramolecular Hbond substituents is 1. The lowest BCUT2D eigenvalue weighted by atomic mass is 9.90. The average Bonchev–Trinajstić information content (AvgIpc) is 2.94. The Morgan fingerprint density at radius 2 is 1.70 bits per heavy atom. The van der Waals surface area contributed by atoms with Gasteiger partial charge < -0.3 is 35.6 Å². The lowest BCUT2D eigenvalue weighted by Crippen LogP contribution is -2.62. The maximum absolute atomic E-state index is 14.6. The zero-order valence-electron chi connectivity index (χ0n) is 22.9. The second-order valence-electron chi connectivity index (χ2n) is 10.4. The molecule has 4 rings (SSSR count). The zero-order chi connectivity index (χ0) is 31.6. The van der Waals surface area contributed by atoms with Gasteiger partial charge in [-0.15, -0.1) is 0 Å². The lowest BCUT2D eigenvalue weighted by Gasteiger charge is -2.37. The third kappa shape index (κ3) is 6.72. The number of phenols is 1. The highest BCUT2D eigenvalue weighted by molar-refractivity contribution is 6.00. The standard InChI is InChI=1S/C28H29F4N3O8/c1-11-24(37)16(10-13-9-15(29)20(31)21(32)19(13)30)33-27(40)22(34-26(39)14-5-3-4-6-17(14)36)12(2)43-28(41)23(35-25(11)38)18-7-8-42-18/h3-6,9,11-12,16,18,22-24,36-37H,7-8,10H2,1-2H3,(H,33,40)(H,34,39)(H,35,38)/t11-,12-,16+,18?,22+,23?,24+/m1/s1. The van der Waals surface area contributed by atoms with Crippen LogP contribution in [0.3, 0.4) is 0 Å². The molecule has 2 unspecified atom stereocenters. The Balaban J connectivity index is 1.73. The van der Waals surface area contributed by atoms with E-state index in [0.29, 0.717) is 12.5 Å². The Morgan fingerprint density at radius 1 is 1.02 bits per heavy atom. The molecule has 2 aromatic carbocycles. The van der Waals surface area contributed by atoms with Crippen LogP contribution in [0.15, 0.2) is 30.3 Å². The molecule has 7 atom stereocenters. The number of esters is 1. The molecular weight excluding hydrogens is 582 g/mol. The van der Waals surface area contributed by atoms with Crippen molar-refractivity contribution in [3.8, 4) is 5.75 Å². The molecule has 3 amide bonds. The summed E-state index contributed by atoms with van der Waals surface area (Å²) in [6.07, 6.45) is -4.55. The third-order valence-corrected chi connectivity index (χ3v) is 7.43. The first-order valence-corrected chi connectivity index (χ1v) is 13.3. The summed E-state index contributed by atoms with van der Waals surface area (Å²) in [5.74, 6) is -13.5. The quantitative estimate of drug-likeness (QED) is 0.145. The number of hydrogen-bond acceptors (Lipinski definition) is 8. The maximum Gasteiger partial charge on any atom is 0.331 e. The van der Waals surface area contributed by atoms with Gasteiger partial charge in [-0.05, 0) is 43.5 Å². The molecule has 0 saturated carbocycles. The highest BCUT2D eigenvalue weighted by Crippen LogP contribution is 2.24. The predicted octanol–water partition coefficient (Wildman–Crippen LogP) is 0.991. The van der Waals surface area contributed by atoms with Gasteiger partial charge in [-0.25, -0.2) is 22.4 Å². The highest BCUT2D eigenvalue weighted by atomic mass is 19.2. The summed E-state index contributed by atoms with van der Waals surface area (Å²) in [5, 5.41) is 28.3. The lowest BCUT2D eigenvalue weighted by molar-refractivity contribution is -0.166. The van der Waals surface area contributed by atoms with Crippen LogP contribution in [0.25, 0.3) is 0 Å². The number of rotatable bonds is 5. The van der Waals surface area contributed by atoms with E-state index in [4.69, 9.17) is 9.47 Å². The number of hydrogen-bond donors (Lipinski definition) is 5. The molecule has 5 N–H and O–H groups in total. The van der Waals surface area contributed by atoms with Crippen LogP contribution in [0.2, 0.25) is 0 Å². The van der Waals surface area contributed by atoms with E-state index >= 15 is 0 Å². The van der Waals surface area contributed by atoms with E-state index in [1.54, 1.807) is 0 Å². The van der Waals surface area contributed by atoms with Gasteiger partial charge in [0.2, 0.25) is 11.8 Å². The number of nitrogens with one attached hydrogen (secondary N) is 3. The summed E-state index contributed by atoms with van der Waals surface area (Å²) in [6, 6.07) is 0.990. The number of benzene rings is 2. The van der Waals surface area contributed by atoms with E-state index < -0.39 is 107 Å². The summed E-state index contributed by atoms with van der Waals surface area (Å²) in [7, 11) is 0. The normalized spacial score (nSPS) is 28.3. The average molecular weight is 612 g/mol. The number of aliphatic hydroxyl groups is 1. The minimum atomic E-state index is -2.12. The fourth-order valence-electron chi connectivity index (χ4n) is 4.75. The van der Waals surface area contributed by atoms with Crippen LogP contribution in [0.1, 0.15) is 36.2 Å². The van der Waals surface area contributed by atoms with E-state index in [2.05, 4.69) is 16.0 Å². The molecule has 11 nitrogen and oxygen atoms in total. The Labute approximate surface area is 242 Å². The fraction of sp³-hybridized carbons (Fsp3) is 0.429. The van der Waals surface area contributed by atoms with E-state index in [1.165, 1.54) is 38.1 Å². The molecule has 0 aliphatic carbocycles. The maximum atomic E-state index is 14.6. The summed E-state index contributed by atoms with van der Waals surface area (Å²) in [4.78, 5) is 52.7. The van der Waals surface area contributed by atoms with Gasteiger partial charge in [-0.3, -0.25) is 14.4 Å². The summed E-state index contributed by atoms with van der Waals surface area (Å²) in [6.45, 7) is 2.76. The monoisotopic (exact) mass is 611 g/mol. The molecule has 2 aliphatic rings. The topological polar surface area (TPSA) is 163 Å². The zero-order valence-corrected chi connectivity index (χ0v) is 22.9. The molecule has 2 aromatic rings. The molecule has 232 valence electrons. The molecule has 0 aromatic heterocycles. The number of para-hydroxylation sites is 1. The van der Waals surface area contributed by atoms with Crippen molar-refractivity contribution < 1.29 is 56.4 Å². The fourth-order valence-corrected chi connectivity index (χ4v) is 4.75. The van der Waals surface area contributed by atoms with E-state index in [0.717, 1.165) is 0 Å². The van der Waals surface area contributed by atoms with Gasteiger partial charge in [0.1, 0.15) is 17.9 Å². The Morgan fingerprint density at radius 3 is 2.33 bits per heavy atom. The Hall–Kier alpha value is -4.24. The number of aliphatic hydroxyl groups excluding tert-OH is 1. The summed E-state index contributed by atoms with van der Waals surface area (Å²) >= 11 is 0. The van der Waals surface area contributed by atoms with Crippen molar-refractivity contribution in [2.45, 2.75) is 63.1 Å². The first kappa shape index (κ1) is 31.7. The molecular formula is C28H29F4N3O8. The summed E-state index contributed by atoms with van der Waals surface area (Å²) < 4.78 is 66.9. The number of cyclic esters (lactones) is 1. The van der Waals surface area contributed by atoms with E-state index in [1.807, 2.05) is 0 Å². The predicted molar refractivity (Wildman–Crippen MR) is 138 cm³/mol.